The highest BCUT2D eigenvalue weighted by molar-refractivity contribution is 5.78. The third kappa shape index (κ3) is 13.9. The monoisotopic (exact) mass is 580 g/mol. The molecule has 2 rings (SSSR count). The lowest BCUT2D eigenvalue weighted by molar-refractivity contribution is -0.141. The Morgan fingerprint density at radius 1 is 0.707 bits per heavy atom. The zero-order chi connectivity index (χ0) is 30.4. The molecule has 1 unspecified atom stereocenters. The first-order valence-electron chi connectivity index (χ1n) is 13.3. The van der Waals surface area contributed by atoms with E-state index in [2.05, 4.69) is 5.32 Å². The molecule has 0 saturated carbocycles. The van der Waals surface area contributed by atoms with Crippen molar-refractivity contribution in [1.82, 2.24) is 24.9 Å². The number of nitrogens with two attached hydrogens (primary N) is 1. The second kappa shape index (κ2) is 17.1. The molecule has 1 fully saturated rings. The highest BCUT2D eigenvalue weighted by Gasteiger charge is 2.27. The highest BCUT2D eigenvalue weighted by atomic mass is 16.4. The van der Waals surface area contributed by atoms with Crippen LogP contribution in [0, 0.1) is 0 Å². The topological polar surface area (TPSA) is 217 Å². The summed E-state index contributed by atoms with van der Waals surface area (Å²) < 4.78 is 0. The molecule has 228 valence electrons. The molecule has 1 amide bonds. The molecule has 7 N–H and O–H groups in total. The second-order valence-corrected chi connectivity index (χ2v) is 10.1. The van der Waals surface area contributed by atoms with E-state index in [-0.39, 0.29) is 71.2 Å². The first-order chi connectivity index (χ1) is 19.4. The van der Waals surface area contributed by atoms with Crippen LogP contribution in [0.4, 0.5) is 5.69 Å². The Hall–Kier alpha value is -3.79. The van der Waals surface area contributed by atoms with Crippen molar-refractivity contribution < 1.29 is 44.4 Å². The number of amides is 1. The molecule has 0 aliphatic carbocycles. The molecule has 15 nitrogen and oxygen atoms in total. The van der Waals surface area contributed by atoms with Gasteiger partial charge in [-0.25, -0.2) is 0 Å². The number of rotatable bonds is 12. The van der Waals surface area contributed by atoms with E-state index in [1.165, 1.54) is 0 Å². The van der Waals surface area contributed by atoms with Crippen molar-refractivity contribution in [2.75, 3.05) is 84.3 Å². The molecule has 1 aliphatic rings. The average molecular weight is 581 g/mol. The van der Waals surface area contributed by atoms with Crippen LogP contribution in [0.3, 0.4) is 0 Å². The van der Waals surface area contributed by atoms with Crippen molar-refractivity contribution in [2.45, 2.75) is 18.9 Å². The Labute approximate surface area is 238 Å². The number of anilines is 1. The predicted molar refractivity (Wildman–Crippen MR) is 147 cm³/mol. The van der Waals surface area contributed by atoms with Crippen LogP contribution in [0.1, 0.15) is 12.0 Å². The van der Waals surface area contributed by atoms with Crippen molar-refractivity contribution >= 4 is 35.5 Å². The zero-order valence-electron chi connectivity index (χ0n) is 23.0. The molecule has 1 aromatic carbocycles. The highest BCUT2D eigenvalue weighted by Crippen LogP contribution is 2.09. The van der Waals surface area contributed by atoms with E-state index >= 15 is 0 Å². The van der Waals surface area contributed by atoms with Crippen LogP contribution in [-0.2, 0) is 30.4 Å². The molecular formula is C26H40N6O9. The third-order valence-electron chi connectivity index (χ3n) is 6.66. The summed E-state index contributed by atoms with van der Waals surface area (Å²) in [6, 6.07) is 6.15. The maximum absolute atomic E-state index is 12.7. The lowest BCUT2D eigenvalue weighted by Gasteiger charge is -2.35. The molecule has 1 heterocycles. The summed E-state index contributed by atoms with van der Waals surface area (Å²) in [5, 5.41) is 40.7. The number of carbonyl (C=O) groups excluding carboxylic acids is 1. The van der Waals surface area contributed by atoms with Gasteiger partial charge in [0.05, 0.1) is 32.6 Å². The van der Waals surface area contributed by atoms with Gasteiger partial charge in [0, 0.05) is 64.1 Å². The normalized spacial score (nSPS) is 18.9. The number of hydrogen-bond donors (Lipinski definition) is 6. The average Bonchev–Trinajstić information content (AvgIpc) is 2.87. The van der Waals surface area contributed by atoms with Gasteiger partial charge in [0.1, 0.15) is 0 Å². The first kappa shape index (κ1) is 33.4. The quantitative estimate of drug-likeness (QED) is 0.151. The van der Waals surface area contributed by atoms with Crippen LogP contribution < -0.4 is 11.1 Å². The minimum absolute atomic E-state index is 0.00890. The standard InChI is InChI=1S/C26H40N6O9/c27-20-4-2-19(3-5-20)12-22(33)28-13-21-14-31(17-25(38)39)9-8-29(15-23(34)35)6-1-7-30(16-24(36)37)10-11-32(21)18-26(40)41/h2-5,21H,1,6-18,27H2,(H,28,33)(H,34,35)(H,36,37)(H,38,39)(H,40,41). The van der Waals surface area contributed by atoms with Crippen LogP contribution in [-0.4, -0.2) is 154 Å². The van der Waals surface area contributed by atoms with Gasteiger partial charge in [-0.3, -0.25) is 43.6 Å². The summed E-state index contributed by atoms with van der Waals surface area (Å²) in [7, 11) is 0. The van der Waals surface area contributed by atoms with E-state index in [0.29, 0.717) is 25.2 Å². The number of nitrogens with zero attached hydrogens (tertiary/aromatic N) is 4. The van der Waals surface area contributed by atoms with Crippen LogP contribution in [0.15, 0.2) is 24.3 Å². The van der Waals surface area contributed by atoms with E-state index < -0.39 is 36.5 Å². The summed E-state index contributed by atoms with van der Waals surface area (Å²) in [5.41, 5.74) is 6.98. The Kier molecular flexibility index (Phi) is 14.0. The lowest BCUT2D eigenvalue weighted by Crippen LogP contribution is -2.54. The molecule has 1 atom stereocenters. The number of benzene rings is 1. The number of nitrogen functional groups attached to an aromatic ring is 1. The SMILES string of the molecule is Nc1ccc(CC(=O)NCC2CN(CC(=O)O)CCN(CC(=O)O)CCCN(CC(=O)O)CCN2CC(=O)O)cc1. The maximum atomic E-state index is 12.7. The number of carboxylic acid groups (broad SMARTS) is 4. The van der Waals surface area contributed by atoms with Crippen molar-refractivity contribution in [3.05, 3.63) is 29.8 Å². The summed E-state index contributed by atoms with van der Waals surface area (Å²) in [4.78, 5) is 65.6. The minimum atomic E-state index is -1.13. The summed E-state index contributed by atoms with van der Waals surface area (Å²) in [6.07, 6.45) is 0.518. The Morgan fingerprint density at radius 3 is 1.73 bits per heavy atom. The molecular weight excluding hydrogens is 540 g/mol. The number of aliphatic carboxylic acids is 4. The smallest absolute Gasteiger partial charge is 0.317 e. The van der Waals surface area contributed by atoms with Gasteiger partial charge in [-0.15, -0.1) is 0 Å². The zero-order valence-corrected chi connectivity index (χ0v) is 23.0. The van der Waals surface area contributed by atoms with Crippen molar-refractivity contribution in [3.63, 3.8) is 0 Å². The molecule has 1 aromatic rings. The molecule has 0 radical (unpaired) electrons. The van der Waals surface area contributed by atoms with Crippen LogP contribution >= 0.6 is 0 Å². The Bertz CT molecular complexity index is 1040. The van der Waals surface area contributed by atoms with Gasteiger partial charge in [0.2, 0.25) is 5.91 Å². The minimum Gasteiger partial charge on any atom is -0.480 e. The number of carboxylic acids is 4. The summed E-state index contributed by atoms with van der Waals surface area (Å²) in [6.45, 7) is 0.209. The fourth-order valence-electron chi connectivity index (χ4n) is 4.71. The van der Waals surface area contributed by atoms with E-state index in [9.17, 15) is 44.4 Å². The molecule has 0 aromatic heterocycles. The molecule has 0 bridgehead atoms. The summed E-state index contributed by atoms with van der Waals surface area (Å²) >= 11 is 0. The van der Waals surface area contributed by atoms with E-state index in [1.54, 1.807) is 43.9 Å². The van der Waals surface area contributed by atoms with Gasteiger partial charge >= 0.3 is 23.9 Å². The van der Waals surface area contributed by atoms with Crippen molar-refractivity contribution in [2.24, 2.45) is 0 Å². The van der Waals surface area contributed by atoms with Crippen LogP contribution in [0.5, 0.6) is 0 Å². The largest absolute Gasteiger partial charge is 0.480 e. The lowest BCUT2D eigenvalue weighted by atomic mass is 10.1. The predicted octanol–water partition coefficient (Wildman–Crippen LogP) is -1.75. The van der Waals surface area contributed by atoms with E-state index in [1.807, 2.05) is 0 Å². The van der Waals surface area contributed by atoms with Gasteiger partial charge in [-0.1, -0.05) is 12.1 Å². The van der Waals surface area contributed by atoms with Gasteiger partial charge in [-0.05, 0) is 24.1 Å². The first-order valence-corrected chi connectivity index (χ1v) is 13.3. The van der Waals surface area contributed by atoms with E-state index in [4.69, 9.17) is 5.73 Å². The maximum Gasteiger partial charge on any atom is 0.317 e. The molecule has 1 saturated heterocycles. The molecule has 15 heteroatoms. The van der Waals surface area contributed by atoms with Gasteiger partial charge in [0.25, 0.3) is 0 Å². The second-order valence-electron chi connectivity index (χ2n) is 10.1. The molecule has 41 heavy (non-hydrogen) atoms. The Balaban J connectivity index is 2.31. The summed E-state index contributed by atoms with van der Waals surface area (Å²) in [5.74, 6) is -4.66. The Morgan fingerprint density at radius 2 is 1.20 bits per heavy atom. The van der Waals surface area contributed by atoms with E-state index in [0.717, 1.165) is 5.56 Å². The van der Waals surface area contributed by atoms with Gasteiger partial charge in [-0.2, -0.15) is 0 Å². The van der Waals surface area contributed by atoms with Gasteiger partial charge in [0.15, 0.2) is 0 Å². The molecule has 0 spiro atoms. The van der Waals surface area contributed by atoms with Crippen LogP contribution in [0.2, 0.25) is 0 Å². The number of hydrogen-bond acceptors (Lipinski definition) is 10. The van der Waals surface area contributed by atoms with Crippen molar-refractivity contribution in [1.29, 1.82) is 0 Å². The third-order valence-corrected chi connectivity index (χ3v) is 6.66. The fourth-order valence-corrected chi connectivity index (χ4v) is 4.71. The van der Waals surface area contributed by atoms with Gasteiger partial charge < -0.3 is 31.5 Å². The number of nitrogens with one attached hydrogen (secondary N) is 1. The molecule has 1 aliphatic heterocycles. The fraction of sp³-hybridized carbons (Fsp3) is 0.577. The van der Waals surface area contributed by atoms with Crippen LogP contribution in [0.25, 0.3) is 0 Å². The van der Waals surface area contributed by atoms with Crippen molar-refractivity contribution in [3.8, 4) is 0 Å². The number of carbonyl (C=O) groups is 5.